The van der Waals surface area contributed by atoms with Crippen molar-refractivity contribution < 1.29 is 14.7 Å². The van der Waals surface area contributed by atoms with E-state index < -0.39 is 17.1 Å². The van der Waals surface area contributed by atoms with Gasteiger partial charge in [0.25, 0.3) is 0 Å². The maximum absolute atomic E-state index is 11.0. The largest absolute Gasteiger partial charge is 0.480 e. The minimum atomic E-state index is -0.870. The highest BCUT2D eigenvalue weighted by Gasteiger charge is 2.23. The molecule has 1 unspecified atom stereocenters. The van der Waals surface area contributed by atoms with Crippen LogP contribution >= 0.6 is 11.8 Å². The number of carbonyl (C=O) groups excluding carboxylic acids is 1. The lowest BCUT2D eigenvalue weighted by molar-refractivity contribution is -0.137. The Balaban J connectivity index is 2.80. The van der Waals surface area contributed by atoms with E-state index in [1.54, 1.807) is 6.07 Å². The minimum absolute atomic E-state index is 0.00452. The summed E-state index contributed by atoms with van der Waals surface area (Å²) < 4.78 is 0. The summed E-state index contributed by atoms with van der Waals surface area (Å²) >= 11 is 1.16. The van der Waals surface area contributed by atoms with Crippen LogP contribution in [0.3, 0.4) is 0 Å². The number of hydrogen-bond donors (Lipinski definition) is 2. The van der Waals surface area contributed by atoms with Gasteiger partial charge in [-0.3, -0.25) is 9.59 Å². The summed E-state index contributed by atoms with van der Waals surface area (Å²) in [6.07, 6.45) is 1.35. The van der Waals surface area contributed by atoms with Crippen LogP contribution in [0.5, 0.6) is 0 Å². The number of nitrogens with zero attached hydrogens (tertiary/aromatic N) is 1. The van der Waals surface area contributed by atoms with Gasteiger partial charge in [-0.15, -0.1) is 0 Å². The van der Waals surface area contributed by atoms with Crippen molar-refractivity contribution in [1.82, 2.24) is 4.98 Å². The fourth-order valence-corrected chi connectivity index (χ4v) is 2.09. The van der Waals surface area contributed by atoms with Crippen LogP contribution in [0.2, 0.25) is 0 Å². The van der Waals surface area contributed by atoms with E-state index in [9.17, 15) is 9.59 Å². The van der Waals surface area contributed by atoms with E-state index >= 15 is 0 Å². The molecule has 0 aliphatic heterocycles. The third kappa shape index (κ3) is 3.74. The molecule has 17 heavy (non-hydrogen) atoms. The highest BCUT2D eigenvalue weighted by molar-refractivity contribution is 8.00. The van der Waals surface area contributed by atoms with Crippen LogP contribution in [0, 0.1) is 5.92 Å². The quantitative estimate of drug-likeness (QED) is 0.774. The molecule has 0 fully saturated rings. The zero-order valence-corrected chi connectivity index (χ0v) is 10.4. The predicted octanol–water partition coefficient (Wildman–Crippen LogP) is 1.38. The number of carbonyl (C=O) groups is 2. The Morgan fingerprint density at radius 3 is 2.41 bits per heavy atom. The van der Waals surface area contributed by atoms with E-state index in [-0.39, 0.29) is 5.92 Å². The number of hydrogen-bond acceptors (Lipinski definition) is 4. The first-order chi connectivity index (χ1) is 7.91. The number of aliphatic carboxylic acids is 1. The second kappa shape index (κ2) is 5.67. The van der Waals surface area contributed by atoms with E-state index in [1.807, 2.05) is 13.8 Å². The number of rotatable bonds is 5. The molecule has 1 aromatic rings. The summed E-state index contributed by atoms with van der Waals surface area (Å²) in [6.45, 7) is 3.67. The number of aromatic nitrogens is 1. The van der Waals surface area contributed by atoms with E-state index in [1.165, 1.54) is 12.3 Å². The lowest BCUT2D eigenvalue weighted by Crippen LogP contribution is -2.22. The van der Waals surface area contributed by atoms with E-state index in [0.717, 1.165) is 11.8 Å². The van der Waals surface area contributed by atoms with Gasteiger partial charge in [-0.05, 0) is 18.1 Å². The first-order valence-electron chi connectivity index (χ1n) is 5.07. The van der Waals surface area contributed by atoms with Crippen LogP contribution in [0.25, 0.3) is 0 Å². The van der Waals surface area contributed by atoms with Crippen molar-refractivity contribution in [2.45, 2.75) is 24.1 Å². The average Bonchev–Trinajstić information content (AvgIpc) is 2.25. The standard InChI is InChI=1S/C11H14N2O3S/c1-6(2)9(11(15)16)17-8-4-3-7(5-13-8)10(12)14/h3-6,9H,1-2H3,(H2,12,14)(H,15,16). The Hall–Kier alpha value is -1.56. The van der Waals surface area contributed by atoms with Crippen molar-refractivity contribution in [3.63, 3.8) is 0 Å². The Morgan fingerprint density at radius 2 is 2.06 bits per heavy atom. The number of carboxylic acid groups (broad SMARTS) is 1. The molecule has 0 bridgehead atoms. The smallest absolute Gasteiger partial charge is 0.317 e. The number of amides is 1. The van der Waals surface area contributed by atoms with E-state index in [2.05, 4.69) is 4.98 Å². The van der Waals surface area contributed by atoms with Crippen LogP contribution in [-0.4, -0.2) is 27.2 Å². The number of pyridine rings is 1. The molecule has 0 aliphatic rings. The van der Waals surface area contributed by atoms with E-state index in [0.29, 0.717) is 10.6 Å². The molecule has 0 aromatic carbocycles. The van der Waals surface area contributed by atoms with Crippen LogP contribution in [-0.2, 0) is 4.79 Å². The molecule has 1 atom stereocenters. The number of thioether (sulfide) groups is 1. The van der Waals surface area contributed by atoms with Gasteiger partial charge in [0.2, 0.25) is 5.91 Å². The first-order valence-corrected chi connectivity index (χ1v) is 5.95. The summed E-state index contributed by atoms with van der Waals surface area (Å²) in [7, 11) is 0. The van der Waals surface area contributed by atoms with Gasteiger partial charge in [0, 0.05) is 6.20 Å². The van der Waals surface area contributed by atoms with Crippen molar-refractivity contribution >= 4 is 23.6 Å². The highest BCUT2D eigenvalue weighted by atomic mass is 32.2. The molecule has 1 aromatic heterocycles. The Bertz CT molecular complexity index is 417. The monoisotopic (exact) mass is 254 g/mol. The van der Waals surface area contributed by atoms with Gasteiger partial charge in [0.05, 0.1) is 10.6 Å². The van der Waals surface area contributed by atoms with Gasteiger partial charge < -0.3 is 10.8 Å². The highest BCUT2D eigenvalue weighted by Crippen LogP contribution is 2.26. The SMILES string of the molecule is CC(C)C(Sc1ccc(C(N)=O)cn1)C(=O)O. The van der Waals surface area contributed by atoms with Crippen LogP contribution < -0.4 is 5.73 Å². The lowest BCUT2D eigenvalue weighted by atomic mass is 10.1. The van der Waals surface area contributed by atoms with Gasteiger partial charge in [0.1, 0.15) is 5.25 Å². The number of nitrogens with two attached hydrogens (primary N) is 1. The Morgan fingerprint density at radius 1 is 1.41 bits per heavy atom. The van der Waals surface area contributed by atoms with Crippen molar-refractivity contribution in [3.8, 4) is 0 Å². The predicted molar refractivity (Wildman–Crippen MR) is 64.9 cm³/mol. The fourth-order valence-electron chi connectivity index (χ4n) is 1.20. The lowest BCUT2D eigenvalue weighted by Gasteiger charge is -2.14. The molecule has 1 rings (SSSR count). The number of primary amides is 1. The Kier molecular flexibility index (Phi) is 4.51. The summed E-state index contributed by atoms with van der Waals surface area (Å²) in [4.78, 5) is 25.8. The molecular formula is C11H14N2O3S. The van der Waals surface area contributed by atoms with E-state index in [4.69, 9.17) is 10.8 Å². The topological polar surface area (TPSA) is 93.3 Å². The minimum Gasteiger partial charge on any atom is -0.480 e. The third-order valence-electron chi connectivity index (χ3n) is 2.12. The van der Waals surface area contributed by atoms with Gasteiger partial charge in [-0.1, -0.05) is 25.6 Å². The molecule has 1 amide bonds. The Labute approximate surface area is 103 Å². The molecule has 92 valence electrons. The van der Waals surface area contributed by atoms with Crippen LogP contribution in [0.1, 0.15) is 24.2 Å². The number of carboxylic acids is 1. The first kappa shape index (κ1) is 13.5. The average molecular weight is 254 g/mol. The normalized spacial score (nSPS) is 12.4. The summed E-state index contributed by atoms with van der Waals surface area (Å²) in [5.74, 6) is -1.42. The van der Waals surface area contributed by atoms with Crippen molar-refractivity contribution in [2.24, 2.45) is 11.7 Å². The van der Waals surface area contributed by atoms with Gasteiger partial charge >= 0.3 is 5.97 Å². The van der Waals surface area contributed by atoms with Gasteiger partial charge in [-0.25, -0.2) is 4.98 Å². The molecule has 0 radical (unpaired) electrons. The molecule has 0 saturated heterocycles. The molecule has 6 heteroatoms. The second-order valence-electron chi connectivity index (χ2n) is 3.87. The summed E-state index contributed by atoms with van der Waals surface area (Å²) in [6, 6.07) is 3.14. The molecular weight excluding hydrogens is 240 g/mol. The third-order valence-corrected chi connectivity index (χ3v) is 3.60. The molecule has 1 heterocycles. The summed E-state index contributed by atoms with van der Waals surface area (Å²) in [5.41, 5.74) is 5.39. The maximum atomic E-state index is 11.0. The van der Waals surface area contributed by atoms with Crippen molar-refractivity contribution in [3.05, 3.63) is 23.9 Å². The zero-order valence-electron chi connectivity index (χ0n) is 9.58. The zero-order chi connectivity index (χ0) is 13.0. The van der Waals surface area contributed by atoms with Gasteiger partial charge in [-0.2, -0.15) is 0 Å². The maximum Gasteiger partial charge on any atom is 0.317 e. The summed E-state index contributed by atoms with van der Waals surface area (Å²) in [5, 5.41) is 9.04. The molecule has 0 aliphatic carbocycles. The second-order valence-corrected chi connectivity index (χ2v) is 5.03. The molecule has 0 saturated carbocycles. The molecule has 3 N–H and O–H groups in total. The van der Waals surface area contributed by atoms with Gasteiger partial charge in [0.15, 0.2) is 0 Å². The molecule has 5 nitrogen and oxygen atoms in total. The molecule has 0 spiro atoms. The van der Waals surface area contributed by atoms with Crippen LogP contribution in [0.15, 0.2) is 23.4 Å². The van der Waals surface area contributed by atoms with Crippen molar-refractivity contribution in [2.75, 3.05) is 0 Å². The van der Waals surface area contributed by atoms with Crippen molar-refractivity contribution in [1.29, 1.82) is 0 Å². The fraction of sp³-hybridized carbons (Fsp3) is 0.364. The van der Waals surface area contributed by atoms with Crippen LogP contribution in [0.4, 0.5) is 0 Å².